The second-order valence-electron chi connectivity index (χ2n) is 8.75. The number of ether oxygens (including phenoxy) is 1. The largest absolute Gasteiger partial charge is 0.491 e. The van der Waals surface area contributed by atoms with Crippen molar-refractivity contribution in [3.63, 3.8) is 0 Å². The molecular weight excluding hydrogens is 358 g/mol. The van der Waals surface area contributed by atoms with Gasteiger partial charge in [0.1, 0.15) is 11.3 Å². The second kappa shape index (κ2) is 12.8. The molecule has 0 unspecified atom stereocenters. The van der Waals surface area contributed by atoms with Crippen LogP contribution in [0.1, 0.15) is 89.2 Å². The van der Waals surface area contributed by atoms with E-state index >= 15 is 0 Å². The maximum atomic E-state index is 8.77. The standard InChI is InChI=1S/C26H39NO2/c28-20-11-9-7-5-3-1-2-4-6-8-10-14-24-19-18-23-13-12-15-25(26(23)27-24)29-21-22-16-17-22/h12-13,15,18-19,22,28H,1-11,14,16-17,20-21H2. The number of hydrogen-bond donors (Lipinski definition) is 1. The number of unbranched alkanes of at least 4 members (excludes halogenated alkanes) is 10. The van der Waals surface area contributed by atoms with E-state index in [1.807, 2.05) is 0 Å². The zero-order chi connectivity index (χ0) is 20.2. The number of aromatic nitrogens is 1. The van der Waals surface area contributed by atoms with Gasteiger partial charge in [0, 0.05) is 17.7 Å². The molecule has 1 heterocycles. The molecule has 0 bridgehead atoms. The van der Waals surface area contributed by atoms with Gasteiger partial charge in [0.2, 0.25) is 0 Å². The van der Waals surface area contributed by atoms with Gasteiger partial charge in [0.25, 0.3) is 0 Å². The number of pyridine rings is 1. The van der Waals surface area contributed by atoms with Crippen molar-refractivity contribution in [1.82, 2.24) is 4.98 Å². The van der Waals surface area contributed by atoms with Crippen molar-refractivity contribution in [3.8, 4) is 5.75 Å². The molecule has 3 rings (SSSR count). The highest BCUT2D eigenvalue weighted by Crippen LogP contribution is 2.31. The molecule has 3 heteroatoms. The van der Waals surface area contributed by atoms with Crippen LogP contribution in [-0.2, 0) is 6.42 Å². The topological polar surface area (TPSA) is 42.4 Å². The quantitative estimate of drug-likeness (QED) is 0.315. The summed E-state index contributed by atoms with van der Waals surface area (Å²) < 4.78 is 6.04. The smallest absolute Gasteiger partial charge is 0.145 e. The monoisotopic (exact) mass is 397 g/mol. The number of para-hydroxylation sites is 1. The predicted octanol–water partition coefficient (Wildman–Crippen LogP) is 6.85. The van der Waals surface area contributed by atoms with E-state index in [9.17, 15) is 0 Å². The summed E-state index contributed by atoms with van der Waals surface area (Å²) in [5, 5.41) is 9.95. The number of fused-ring (bicyclic) bond motifs is 1. The lowest BCUT2D eigenvalue weighted by molar-refractivity contribution is 0.282. The lowest BCUT2D eigenvalue weighted by Gasteiger charge is -2.09. The number of aryl methyl sites for hydroxylation is 1. The minimum atomic E-state index is 0.351. The predicted molar refractivity (Wildman–Crippen MR) is 122 cm³/mol. The highest BCUT2D eigenvalue weighted by Gasteiger charge is 2.22. The first-order valence-corrected chi connectivity index (χ1v) is 12.0. The molecule has 0 aliphatic heterocycles. The Morgan fingerprint density at radius 1 is 0.793 bits per heavy atom. The van der Waals surface area contributed by atoms with E-state index in [1.165, 1.54) is 88.1 Å². The number of rotatable bonds is 16. The maximum Gasteiger partial charge on any atom is 0.145 e. The highest BCUT2D eigenvalue weighted by molar-refractivity contribution is 5.84. The Morgan fingerprint density at radius 2 is 1.45 bits per heavy atom. The van der Waals surface area contributed by atoms with E-state index < -0.39 is 0 Å². The molecule has 0 atom stereocenters. The summed E-state index contributed by atoms with van der Waals surface area (Å²) in [6.45, 7) is 1.19. The molecule has 0 radical (unpaired) electrons. The van der Waals surface area contributed by atoms with Crippen molar-refractivity contribution < 1.29 is 9.84 Å². The van der Waals surface area contributed by atoms with Crippen LogP contribution in [0.15, 0.2) is 30.3 Å². The lowest BCUT2D eigenvalue weighted by Crippen LogP contribution is -2.01. The van der Waals surface area contributed by atoms with Gasteiger partial charge in [-0.15, -0.1) is 0 Å². The minimum absolute atomic E-state index is 0.351. The maximum absolute atomic E-state index is 8.77. The molecule has 2 aromatic rings. The lowest BCUT2D eigenvalue weighted by atomic mass is 10.0. The van der Waals surface area contributed by atoms with Crippen LogP contribution in [0.5, 0.6) is 5.75 Å². The van der Waals surface area contributed by atoms with Gasteiger partial charge in [-0.1, -0.05) is 76.0 Å². The van der Waals surface area contributed by atoms with E-state index in [4.69, 9.17) is 14.8 Å². The SMILES string of the molecule is OCCCCCCCCCCCCCc1ccc2cccc(OCC3CC3)c2n1. The van der Waals surface area contributed by atoms with Crippen LogP contribution in [0.2, 0.25) is 0 Å². The zero-order valence-electron chi connectivity index (χ0n) is 18.1. The van der Waals surface area contributed by atoms with Crippen molar-refractivity contribution in [1.29, 1.82) is 0 Å². The third-order valence-electron chi connectivity index (χ3n) is 6.00. The molecule has 0 saturated heterocycles. The second-order valence-corrected chi connectivity index (χ2v) is 8.75. The van der Waals surface area contributed by atoms with Crippen LogP contribution in [0.3, 0.4) is 0 Å². The third kappa shape index (κ3) is 8.34. The number of nitrogens with zero attached hydrogens (tertiary/aromatic N) is 1. The number of aliphatic hydroxyl groups is 1. The van der Waals surface area contributed by atoms with Crippen LogP contribution in [0.25, 0.3) is 10.9 Å². The number of hydrogen-bond acceptors (Lipinski definition) is 3. The Morgan fingerprint density at radius 3 is 2.10 bits per heavy atom. The van der Waals surface area contributed by atoms with E-state index in [0.717, 1.165) is 36.6 Å². The van der Waals surface area contributed by atoms with Gasteiger partial charge in [-0.3, -0.25) is 0 Å². The van der Waals surface area contributed by atoms with Gasteiger partial charge in [-0.25, -0.2) is 4.98 Å². The van der Waals surface area contributed by atoms with Crippen molar-refractivity contribution >= 4 is 10.9 Å². The van der Waals surface area contributed by atoms with Crippen molar-refractivity contribution in [2.45, 2.75) is 89.9 Å². The van der Waals surface area contributed by atoms with Crippen LogP contribution in [0, 0.1) is 5.92 Å². The van der Waals surface area contributed by atoms with Crippen LogP contribution in [0.4, 0.5) is 0 Å². The van der Waals surface area contributed by atoms with E-state index in [2.05, 4.69) is 30.3 Å². The molecule has 160 valence electrons. The van der Waals surface area contributed by atoms with Crippen LogP contribution in [-0.4, -0.2) is 23.3 Å². The Bertz CT molecular complexity index is 711. The van der Waals surface area contributed by atoms with Gasteiger partial charge in [0.05, 0.1) is 6.61 Å². The minimum Gasteiger partial charge on any atom is -0.491 e. The summed E-state index contributed by atoms with van der Waals surface area (Å²) in [5.74, 6) is 1.72. The summed E-state index contributed by atoms with van der Waals surface area (Å²) in [5.41, 5.74) is 2.23. The van der Waals surface area contributed by atoms with E-state index in [-0.39, 0.29) is 0 Å². The Labute approximate surface area is 176 Å². The van der Waals surface area contributed by atoms with E-state index in [1.54, 1.807) is 0 Å². The van der Waals surface area contributed by atoms with Crippen molar-refractivity contribution in [3.05, 3.63) is 36.0 Å². The summed E-state index contributed by atoms with van der Waals surface area (Å²) in [4.78, 5) is 4.92. The molecule has 1 saturated carbocycles. The average Bonchev–Trinajstić information content (AvgIpc) is 3.57. The molecule has 29 heavy (non-hydrogen) atoms. The summed E-state index contributed by atoms with van der Waals surface area (Å²) >= 11 is 0. The molecule has 3 nitrogen and oxygen atoms in total. The molecule has 1 aromatic heterocycles. The van der Waals surface area contributed by atoms with Gasteiger partial charge in [-0.2, -0.15) is 0 Å². The van der Waals surface area contributed by atoms with Crippen LogP contribution < -0.4 is 4.74 Å². The molecule has 0 spiro atoms. The normalized spacial score (nSPS) is 13.8. The summed E-state index contributed by atoms with van der Waals surface area (Å²) in [6, 6.07) is 10.6. The third-order valence-corrected chi connectivity index (χ3v) is 6.00. The fourth-order valence-corrected chi connectivity index (χ4v) is 3.92. The highest BCUT2D eigenvalue weighted by atomic mass is 16.5. The van der Waals surface area contributed by atoms with Gasteiger partial charge >= 0.3 is 0 Å². The molecule has 1 aliphatic carbocycles. The molecule has 0 amide bonds. The fourth-order valence-electron chi connectivity index (χ4n) is 3.92. The zero-order valence-corrected chi connectivity index (χ0v) is 18.1. The first-order valence-electron chi connectivity index (χ1n) is 12.0. The number of aliphatic hydroxyl groups excluding tert-OH is 1. The first-order chi connectivity index (χ1) is 14.4. The van der Waals surface area contributed by atoms with E-state index in [0.29, 0.717) is 6.61 Å². The molecule has 1 aromatic carbocycles. The molecule has 1 N–H and O–H groups in total. The Kier molecular flexibility index (Phi) is 9.78. The Balaban J connectivity index is 1.30. The Hall–Kier alpha value is -1.61. The molecular formula is C26H39NO2. The van der Waals surface area contributed by atoms with Crippen molar-refractivity contribution in [2.75, 3.05) is 13.2 Å². The molecule has 1 aliphatic rings. The van der Waals surface area contributed by atoms with Crippen molar-refractivity contribution in [2.24, 2.45) is 5.92 Å². The van der Waals surface area contributed by atoms with Gasteiger partial charge < -0.3 is 9.84 Å². The summed E-state index contributed by atoms with van der Waals surface area (Å²) in [6.07, 6.45) is 17.8. The average molecular weight is 398 g/mol. The fraction of sp³-hybridized carbons (Fsp3) is 0.654. The molecule has 1 fully saturated rings. The van der Waals surface area contributed by atoms with Gasteiger partial charge in [0.15, 0.2) is 0 Å². The first kappa shape index (κ1) is 22.1. The van der Waals surface area contributed by atoms with Crippen LogP contribution >= 0.6 is 0 Å². The summed E-state index contributed by atoms with van der Waals surface area (Å²) in [7, 11) is 0. The van der Waals surface area contributed by atoms with Gasteiger partial charge in [-0.05, 0) is 50.2 Å². The number of benzene rings is 1.